The fraction of sp³-hybridized carbons (Fsp3) is 0.265. The summed E-state index contributed by atoms with van der Waals surface area (Å²) >= 11 is 6.19. The highest BCUT2D eigenvalue weighted by Gasteiger charge is 2.18. The summed E-state index contributed by atoms with van der Waals surface area (Å²) in [5, 5.41) is 21.5. The molecule has 0 saturated heterocycles. The lowest BCUT2D eigenvalue weighted by Crippen LogP contribution is -2.28. The van der Waals surface area contributed by atoms with Gasteiger partial charge in [0.15, 0.2) is 5.82 Å². The zero-order chi connectivity index (χ0) is 34.3. The van der Waals surface area contributed by atoms with Crippen molar-refractivity contribution < 1.29 is 38.5 Å². The molecule has 0 spiro atoms. The number of aliphatic carboxylic acids is 1. The third-order valence-electron chi connectivity index (χ3n) is 6.69. The number of nitrogens with zero attached hydrogens (tertiary/aromatic N) is 2. The summed E-state index contributed by atoms with van der Waals surface area (Å²) in [4.78, 5) is 49.6. The molecule has 4 rings (SSSR count). The van der Waals surface area contributed by atoms with Gasteiger partial charge in [0.1, 0.15) is 0 Å². The number of carboxylic acid groups (broad SMARTS) is 1. The summed E-state index contributed by atoms with van der Waals surface area (Å²) in [5.41, 5.74) is 2.74. The number of benzene rings is 3. The maximum absolute atomic E-state index is 13.3. The Morgan fingerprint density at radius 1 is 0.771 bits per heavy atom. The number of hydrogen-bond acceptors (Lipinski definition) is 8. The minimum absolute atomic E-state index is 0.0540. The van der Waals surface area contributed by atoms with Gasteiger partial charge >= 0.3 is 5.97 Å². The molecule has 48 heavy (non-hydrogen) atoms. The zero-order valence-electron chi connectivity index (χ0n) is 26.2. The smallest absolute Gasteiger partial charge is 0.305 e. The molecule has 1 heterocycles. The van der Waals surface area contributed by atoms with E-state index in [0.29, 0.717) is 37.3 Å². The summed E-state index contributed by atoms with van der Waals surface area (Å²) in [6, 6.07) is 20.1. The molecule has 0 aliphatic heterocycles. The SMILES string of the molecule is Cc1cccc(-n2ccc(NC(=O)c3cc(Cl)ccc3NC(=O)c3cccc(C(=O)NCCOCCOCCOCCC(=O)O)c3)n2)c1. The van der Waals surface area contributed by atoms with Crippen molar-refractivity contribution in [2.45, 2.75) is 13.3 Å². The molecule has 14 heteroatoms. The van der Waals surface area contributed by atoms with Crippen LogP contribution in [0.15, 0.2) is 79.0 Å². The molecule has 4 N–H and O–H groups in total. The second-order valence-corrected chi connectivity index (χ2v) is 10.8. The Morgan fingerprint density at radius 2 is 1.46 bits per heavy atom. The van der Waals surface area contributed by atoms with Crippen LogP contribution in [0.1, 0.15) is 43.1 Å². The van der Waals surface area contributed by atoms with Crippen LogP contribution in [0.3, 0.4) is 0 Å². The number of rotatable bonds is 18. The third-order valence-corrected chi connectivity index (χ3v) is 6.93. The van der Waals surface area contributed by atoms with Crippen molar-refractivity contribution in [2.24, 2.45) is 0 Å². The van der Waals surface area contributed by atoms with Crippen LogP contribution >= 0.6 is 11.6 Å². The van der Waals surface area contributed by atoms with Gasteiger partial charge in [-0.15, -0.1) is 0 Å². The first-order chi connectivity index (χ1) is 23.2. The first kappa shape index (κ1) is 35.8. The zero-order valence-corrected chi connectivity index (χ0v) is 27.0. The second-order valence-electron chi connectivity index (χ2n) is 10.4. The Hall–Kier alpha value is -5.08. The van der Waals surface area contributed by atoms with Crippen LogP contribution in [-0.2, 0) is 19.0 Å². The molecular formula is C34H36ClN5O8. The van der Waals surface area contributed by atoms with Gasteiger partial charge in [-0.1, -0.05) is 29.8 Å². The number of carbonyl (C=O) groups excluding carboxylic acids is 3. The number of nitrogens with one attached hydrogen (secondary N) is 3. The number of carboxylic acids is 1. The lowest BCUT2D eigenvalue weighted by atomic mass is 10.1. The Balaban J connectivity index is 1.25. The van der Waals surface area contributed by atoms with Crippen LogP contribution in [0.4, 0.5) is 11.5 Å². The van der Waals surface area contributed by atoms with Gasteiger partial charge in [0.2, 0.25) is 0 Å². The van der Waals surface area contributed by atoms with Crippen molar-refractivity contribution in [3.63, 3.8) is 0 Å². The molecule has 0 fully saturated rings. The van der Waals surface area contributed by atoms with Crippen molar-refractivity contribution in [3.05, 3.63) is 106 Å². The van der Waals surface area contributed by atoms with Crippen LogP contribution < -0.4 is 16.0 Å². The van der Waals surface area contributed by atoms with Crippen molar-refractivity contribution in [2.75, 3.05) is 56.8 Å². The van der Waals surface area contributed by atoms with E-state index in [-0.39, 0.29) is 54.5 Å². The Morgan fingerprint density at radius 3 is 2.19 bits per heavy atom. The van der Waals surface area contributed by atoms with E-state index in [1.54, 1.807) is 41.2 Å². The van der Waals surface area contributed by atoms with Gasteiger partial charge in [0.25, 0.3) is 17.7 Å². The monoisotopic (exact) mass is 677 g/mol. The minimum Gasteiger partial charge on any atom is -0.481 e. The number of amides is 3. The van der Waals surface area contributed by atoms with Crippen molar-refractivity contribution in [1.82, 2.24) is 15.1 Å². The highest BCUT2D eigenvalue weighted by Crippen LogP contribution is 2.23. The molecule has 3 amide bonds. The van der Waals surface area contributed by atoms with Gasteiger partial charge in [-0.2, -0.15) is 5.10 Å². The molecule has 0 aliphatic rings. The molecular weight excluding hydrogens is 642 g/mol. The van der Waals surface area contributed by atoms with Gasteiger partial charge in [0.05, 0.1) is 63.0 Å². The minimum atomic E-state index is -0.916. The van der Waals surface area contributed by atoms with E-state index < -0.39 is 17.8 Å². The molecule has 3 aromatic carbocycles. The lowest BCUT2D eigenvalue weighted by Gasteiger charge is -2.12. The fourth-order valence-corrected chi connectivity index (χ4v) is 4.51. The Labute approximate surface area is 282 Å². The average Bonchev–Trinajstić information content (AvgIpc) is 3.54. The van der Waals surface area contributed by atoms with Gasteiger partial charge in [-0.3, -0.25) is 19.2 Å². The number of aryl methyl sites for hydroxylation is 1. The molecule has 0 radical (unpaired) electrons. The number of carbonyl (C=O) groups is 4. The normalized spacial score (nSPS) is 10.8. The molecule has 0 aliphatic carbocycles. The largest absolute Gasteiger partial charge is 0.481 e. The van der Waals surface area contributed by atoms with Crippen LogP contribution in [0.25, 0.3) is 5.69 Å². The molecule has 0 unspecified atom stereocenters. The van der Waals surface area contributed by atoms with Crippen LogP contribution in [0.2, 0.25) is 5.02 Å². The standard InChI is InChI=1S/C34H36ClN5O8/c1-23-4-2-7-27(20-23)40-13-10-30(39-40)38-34(45)28-22-26(35)8-9-29(28)37-33(44)25-6-3-5-24(21-25)32(43)36-12-15-47-17-19-48-18-16-46-14-11-31(41)42/h2-10,13,20-22H,11-12,14-19H2,1H3,(H,36,43)(H,37,44)(H,41,42)(H,38,39,45). The molecule has 1 aromatic heterocycles. The summed E-state index contributed by atoms with van der Waals surface area (Å²) in [5.74, 6) is -2.04. The van der Waals surface area contributed by atoms with Crippen molar-refractivity contribution >= 4 is 46.8 Å². The van der Waals surface area contributed by atoms with Gasteiger partial charge in [0, 0.05) is 35.0 Å². The van der Waals surface area contributed by atoms with E-state index in [2.05, 4.69) is 21.0 Å². The van der Waals surface area contributed by atoms with E-state index in [1.807, 2.05) is 31.2 Å². The summed E-state index contributed by atoms with van der Waals surface area (Å²) in [6.45, 7) is 3.83. The third kappa shape index (κ3) is 11.3. The maximum Gasteiger partial charge on any atom is 0.305 e. The molecule has 13 nitrogen and oxygen atoms in total. The predicted molar refractivity (Wildman–Crippen MR) is 179 cm³/mol. The van der Waals surface area contributed by atoms with E-state index in [4.69, 9.17) is 30.9 Å². The highest BCUT2D eigenvalue weighted by atomic mass is 35.5. The first-order valence-electron chi connectivity index (χ1n) is 15.1. The number of anilines is 2. The van der Waals surface area contributed by atoms with Crippen LogP contribution in [-0.4, -0.2) is 84.8 Å². The molecule has 0 bridgehead atoms. The van der Waals surface area contributed by atoms with E-state index in [9.17, 15) is 19.2 Å². The summed E-state index contributed by atoms with van der Waals surface area (Å²) in [6.07, 6.45) is 1.67. The number of aromatic nitrogens is 2. The lowest BCUT2D eigenvalue weighted by molar-refractivity contribution is -0.138. The quantitative estimate of drug-likeness (QED) is 0.110. The molecule has 252 valence electrons. The Kier molecular flexibility index (Phi) is 13.6. The second kappa shape index (κ2) is 18.3. The van der Waals surface area contributed by atoms with Crippen LogP contribution in [0, 0.1) is 6.92 Å². The summed E-state index contributed by atoms with van der Waals surface area (Å²) < 4.78 is 17.5. The fourth-order valence-electron chi connectivity index (χ4n) is 4.34. The topological polar surface area (TPSA) is 170 Å². The van der Waals surface area contributed by atoms with Crippen molar-refractivity contribution in [3.8, 4) is 5.69 Å². The highest BCUT2D eigenvalue weighted by molar-refractivity contribution is 6.31. The van der Waals surface area contributed by atoms with Crippen molar-refractivity contribution in [1.29, 1.82) is 0 Å². The van der Waals surface area contributed by atoms with Crippen LogP contribution in [0.5, 0.6) is 0 Å². The molecule has 4 aromatic rings. The maximum atomic E-state index is 13.3. The van der Waals surface area contributed by atoms with E-state index in [0.717, 1.165) is 11.3 Å². The van der Waals surface area contributed by atoms with Gasteiger partial charge < -0.3 is 35.3 Å². The molecule has 0 atom stereocenters. The average molecular weight is 678 g/mol. The van der Waals surface area contributed by atoms with E-state index >= 15 is 0 Å². The predicted octanol–water partition coefficient (Wildman–Crippen LogP) is 4.59. The van der Waals surface area contributed by atoms with Gasteiger partial charge in [-0.25, -0.2) is 4.68 Å². The Bertz CT molecular complexity index is 1730. The number of hydrogen-bond donors (Lipinski definition) is 4. The molecule has 0 saturated carbocycles. The van der Waals surface area contributed by atoms with E-state index in [1.165, 1.54) is 18.2 Å². The first-order valence-corrected chi connectivity index (χ1v) is 15.5. The van der Waals surface area contributed by atoms with Gasteiger partial charge in [-0.05, 0) is 61.0 Å². The summed E-state index contributed by atoms with van der Waals surface area (Å²) in [7, 11) is 0. The number of ether oxygens (including phenoxy) is 3. The number of halogens is 1.